The van der Waals surface area contributed by atoms with E-state index in [2.05, 4.69) is 22.9 Å². The molecule has 0 bridgehead atoms. The van der Waals surface area contributed by atoms with Gasteiger partial charge in [0, 0.05) is 7.92 Å². The molecule has 0 spiro atoms. The van der Waals surface area contributed by atoms with Gasteiger partial charge in [-0.15, -0.1) is 6.58 Å². The van der Waals surface area contributed by atoms with Crippen LogP contribution in [0.2, 0.25) is 0 Å². The molecule has 0 aromatic heterocycles. The van der Waals surface area contributed by atoms with E-state index >= 15 is 0 Å². The van der Waals surface area contributed by atoms with Gasteiger partial charge in [0.15, 0.2) is 0 Å². The number of ether oxygens (including phenoxy) is 6. The summed E-state index contributed by atoms with van der Waals surface area (Å²) in [5, 5.41) is 2.61. The first kappa shape index (κ1) is 32.6. The topological polar surface area (TPSA) is 55.4 Å². The van der Waals surface area contributed by atoms with Crippen LogP contribution < -0.4 is 44.3 Å². The standard InChI is InChI=1S/C24H27O6P.C4H7.ClH.Pt/c1-25-16-10-7-11-17(26-2)22(16)31(23-18(27-3)12-8-13-19(23)28-4)24-20(29-5)14-9-15-21(24)30-6;1-4(2)3;;/h7-15H,1-6H3;1-2H2,3H3;1H;/q;;;+1/p-1. The quantitative estimate of drug-likeness (QED) is 0.269. The number of hydrogen-bond donors (Lipinski definition) is 0. The van der Waals surface area contributed by atoms with Crippen LogP contribution in [0.5, 0.6) is 34.5 Å². The molecule has 0 heterocycles. The molecule has 9 heteroatoms. The number of benzene rings is 3. The zero-order valence-corrected chi connectivity index (χ0v) is 26.1. The van der Waals surface area contributed by atoms with Crippen molar-refractivity contribution < 1.29 is 47.2 Å². The number of rotatable bonds is 9. The van der Waals surface area contributed by atoms with E-state index in [4.69, 9.17) is 28.4 Å². The van der Waals surface area contributed by atoms with Crippen LogP contribution in [0, 0.1) is 6.92 Å². The van der Waals surface area contributed by atoms with E-state index in [1.54, 1.807) is 61.4 Å². The van der Waals surface area contributed by atoms with E-state index in [9.17, 15) is 0 Å². The first-order chi connectivity index (χ1) is 17.9. The van der Waals surface area contributed by atoms with Gasteiger partial charge in [-0.05, 0) is 50.2 Å². The molecule has 1 radical (unpaired) electrons. The van der Waals surface area contributed by atoms with Crippen molar-refractivity contribution in [1.82, 2.24) is 0 Å². The maximum absolute atomic E-state index is 5.78. The van der Waals surface area contributed by atoms with Gasteiger partial charge in [-0.3, -0.25) is 0 Å². The Morgan fingerprint density at radius 3 is 0.865 bits per heavy atom. The molecule has 0 amide bonds. The van der Waals surface area contributed by atoms with Crippen molar-refractivity contribution in [2.24, 2.45) is 0 Å². The molecule has 3 aromatic carbocycles. The van der Waals surface area contributed by atoms with Crippen molar-refractivity contribution in [2.45, 2.75) is 6.92 Å². The predicted molar refractivity (Wildman–Crippen MR) is 150 cm³/mol. The molecule has 0 N–H and O–H groups in total. The fourth-order valence-electron chi connectivity index (χ4n) is 3.49. The fraction of sp³-hybridized carbons (Fsp3) is 0.250. The van der Waals surface area contributed by atoms with Crippen LogP contribution in [0.25, 0.3) is 0 Å². The second-order valence-electron chi connectivity index (χ2n) is 7.33. The van der Waals surface area contributed by atoms with Crippen LogP contribution in [-0.2, 0) is 18.8 Å². The molecule has 0 fully saturated rings. The molecule has 0 aliphatic heterocycles. The fourth-order valence-corrected chi connectivity index (χ4v) is 6.48. The van der Waals surface area contributed by atoms with Gasteiger partial charge < -0.3 is 28.4 Å². The molecule has 0 saturated carbocycles. The molecule has 0 aliphatic rings. The van der Waals surface area contributed by atoms with E-state index in [-0.39, 0.29) is 0 Å². The molecule has 3 rings (SSSR count). The van der Waals surface area contributed by atoms with Crippen molar-refractivity contribution in [3.8, 4) is 34.5 Å². The molecule has 37 heavy (non-hydrogen) atoms. The average Bonchev–Trinajstić information content (AvgIpc) is 2.93. The zero-order chi connectivity index (χ0) is 28.0. The normalized spacial score (nSPS) is 9.73. The van der Waals surface area contributed by atoms with Gasteiger partial charge in [-0.25, -0.2) is 0 Å². The summed E-state index contributed by atoms with van der Waals surface area (Å²) in [5.41, 5.74) is 0.917. The van der Waals surface area contributed by atoms with Gasteiger partial charge in [0.05, 0.1) is 58.6 Å². The van der Waals surface area contributed by atoms with Crippen LogP contribution in [0.3, 0.4) is 0 Å². The minimum atomic E-state index is -1.36. The van der Waals surface area contributed by atoms with Crippen LogP contribution in [0.15, 0.2) is 66.7 Å². The van der Waals surface area contributed by atoms with Gasteiger partial charge in [0.2, 0.25) is 0 Å². The summed E-state index contributed by atoms with van der Waals surface area (Å²) in [5.74, 6) is 4.12. The molecule has 0 unspecified atom stereocenters. The summed E-state index contributed by atoms with van der Waals surface area (Å²) < 4.78 is 34.7. The molecule has 0 saturated heterocycles. The number of hydrogen-bond acceptors (Lipinski definition) is 6. The van der Waals surface area contributed by atoms with Gasteiger partial charge in [-0.2, -0.15) is 0 Å². The molecular weight excluding hydrogens is 694 g/mol. The van der Waals surface area contributed by atoms with Gasteiger partial charge >= 0.3 is 28.2 Å². The van der Waals surface area contributed by atoms with Gasteiger partial charge in [-0.1, -0.05) is 23.8 Å². The predicted octanol–water partition coefficient (Wildman–Crippen LogP) is 5.58. The number of halogens is 1. The van der Waals surface area contributed by atoms with E-state index in [0.29, 0.717) is 34.5 Å². The molecule has 3 aromatic rings. The minimum absolute atomic E-state index is 0.686. The average molecular weight is 728 g/mol. The van der Waals surface area contributed by atoms with Gasteiger partial charge in [0.25, 0.3) is 0 Å². The summed E-state index contributed by atoms with van der Waals surface area (Å²) in [6.45, 7) is 8.75. The van der Waals surface area contributed by atoms with Crippen LogP contribution in [-0.4, -0.2) is 42.7 Å². The van der Waals surface area contributed by atoms with E-state index in [0.717, 1.165) is 21.5 Å². The molecule has 6 nitrogen and oxygen atoms in total. The van der Waals surface area contributed by atoms with E-state index in [1.165, 1.54) is 0 Å². The third kappa shape index (κ3) is 8.30. The second-order valence-corrected chi connectivity index (χ2v) is 9.34. The van der Waals surface area contributed by atoms with Crippen molar-refractivity contribution in [3.63, 3.8) is 0 Å². The Morgan fingerprint density at radius 2 is 0.730 bits per heavy atom. The van der Waals surface area contributed by atoms with E-state index in [1.807, 2.05) is 61.5 Å². The number of methoxy groups -OCH3 is 6. The number of allylic oxidation sites excluding steroid dienone is 1. The van der Waals surface area contributed by atoms with Crippen LogP contribution in [0.1, 0.15) is 6.92 Å². The Bertz CT molecular complexity index is 939. The van der Waals surface area contributed by atoms with Crippen molar-refractivity contribution in [2.75, 3.05) is 42.7 Å². The maximum atomic E-state index is 5.78. The second kappa shape index (κ2) is 17.2. The summed E-state index contributed by atoms with van der Waals surface area (Å²) in [7, 11) is 13.1. The molecule has 0 aliphatic carbocycles. The summed E-state index contributed by atoms with van der Waals surface area (Å²) in [6, 6.07) is 17.2. The Balaban J connectivity index is 0.00000104. The van der Waals surface area contributed by atoms with Crippen LogP contribution >= 0.6 is 17.3 Å². The SMILES string of the molecule is COc1cccc(OC)c1P(c1c(OC)cccc1OC)c1c(OC)cccc1OC.[CH2]C(=C)C.[Cl][Pt]. The van der Waals surface area contributed by atoms with Crippen molar-refractivity contribution >= 4 is 33.3 Å². The monoisotopic (exact) mass is 727 g/mol. The van der Waals surface area contributed by atoms with Gasteiger partial charge in [0.1, 0.15) is 34.5 Å². The van der Waals surface area contributed by atoms with Crippen molar-refractivity contribution in [1.29, 1.82) is 0 Å². The molecular formula is C28H34ClO6PPt. The van der Waals surface area contributed by atoms with Crippen LogP contribution in [0.4, 0.5) is 0 Å². The third-order valence-corrected chi connectivity index (χ3v) is 7.54. The third-order valence-electron chi connectivity index (χ3n) is 4.88. The van der Waals surface area contributed by atoms with E-state index < -0.39 is 7.92 Å². The molecule has 0 atom stereocenters. The molecule has 204 valence electrons. The first-order valence-electron chi connectivity index (χ1n) is 10.9. The Morgan fingerprint density at radius 1 is 0.568 bits per heavy atom. The first-order valence-corrected chi connectivity index (χ1v) is 15.1. The summed E-state index contributed by atoms with van der Waals surface area (Å²) in [4.78, 5) is 0. The zero-order valence-electron chi connectivity index (χ0n) is 22.2. The Kier molecular flexibility index (Phi) is 15.2. The summed E-state index contributed by atoms with van der Waals surface area (Å²) >= 11 is 1.61. The Labute approximate surface area is 237 Å². The summed E-state index contributed by atoms with van der Waals surface area (Å²) in [6.07, 6.45) is 0. The Hall–Kier alpha value is -2.39. The van der Waals surface area contributed by atoms with Crippen molar-refractivity contribution in [3.05, 3.63) is 73.7 Å².